The molecule has 5 heteroatoms. The van der Waals surface area contributed by atoms with Crippen molar-refractivity contribution in [3.8, 4) is 0 Å². The molecule has 1 heterocycles. The average Bonchev–Trinajstić information content (AvgIpc) is 2.93. The van der Waals surface area contributed by atoms with Gasteiger partial charge in [0.1, 0.15) is 0 Å². The van der Waals surface area contributed by atoms with Crippen molar-refractivity contribution in [3.63, 3.8) is 0 Å². The second kappa shape index (κ2) is 6.96. The highest BCUT2D eigenvalue weighted by atomic mass is 35.5. The lowest BCUT2D eigenvalue weighted by Crippen LogP contribution is -2.29. The fourth-order valence-corrected chi connectivity index (χ4v) is 2.95. The first-order valence-electron chi connectivity index (χ1n) is 6.31. The summed E-state index contributed by atoms with van der Waals surface area (Å²) in [6, 6.07) is 6.84. The van der Waals surface area contributed by atoms with Gasteiger partial charge in [0, 0.05) is 23.7 Å². The van der Waals surface area contributed by atoms with Gasteiger partial charge in [-0.3, -0.25) is 9.59 Å². The van der Waals surface area contributed by atoms with Crippen LogP contribution in [0.15, 0.2) is 24.3 Å². The van der Waals surface area contributed by atoms with E-state index in [4.69, 9.17) is 11.6 Å². The Bertz CT molecular complexity index is 455. The minimum Gasteiger partial charge on any atom is -0.342 e. The van der Waals surface area contributed by atoms with E-state index in [9.17, 15) is 9.59 Å². The molecule has 0 N–H and O–H groups in total. The SMILES string of the molecule is O=C(CSCC(=O)N1CCCC1)c1ccc(Cl)cc1. The lowest BCUT2D eigenvalue weighted by atomic mass is 10.1. The van der Waals surface area contributed by atoms with Crippen molar-refractivity contribution in [2.24, 2.45) is 0 Å². The maximum Gasteiger partial charge on any atom is 0.232 e. The first-order valence-corrected chi connectivity index (χ1v) is 7.84. The lowest BCUT2D eigenvalue weighted by Gasteiger charge is -2.14. The molecule has 0 bridgehead atoms. The highest BCUT2D eigenvalue weighted by molar-refractivity contribution is 8.00. The summed E-state index contributed by atoms with van der Waals surface area (Å²) in [5, 5.41) is 0.619. The lowest BCUT2D eigenvalue weighted by molar-refractivity contribution is -0.127. The summed E-state index contributed by atoms with van der Waals surface area (Å²) in [5.41, 5.74) is 0.644. The van der Waals surface area contributed by atoms with E-state index >= 15 is 0 Å². The van der Waals surface area contributed by atoms with Crippen LogP contribution in [-0.2, 0) is 4.79 Å². The van der Waals surface area contributed by atoms with Crippen LogP contribution >= 0.6 is 23.4 Å². The summed E-state index contributed by atoms with van der Waals surface area (Å²) in [7, 11) is 0. The maximum atomic E-state index is 11.9. The molecule has 0 aliphatic carbocycles. The highest BCUT2D eigenvalue weighted by Gasteiger charge is 2.18. The van der Waals surface area contributed by atoms with Gasteiger partial charge in [-0.2, -0.15) is 0 Å². The summed E-state index contributed by atoms with van der Waals surface area (Å²) in [4.78, 5) is 25.5. The largest absolute Gasteiger partial charge is 0.342 e. The highest BCUT2D eigenvalue weighted by Crippen LogP contribution is 2.14. The van der Waals surface area contributed by atoms with Gasteiger partial charge in [0.2, 0.25) is 5.91 Å². The third kappa shape index (κ3) is 4.25. The van der Waals surface area contributed by atoms with Crippen molar-refractivity contribution < 1.29 is 9.59 Å². The molecule has 0 radical (unpaired) electrons. The van der Waals surface area contributed by atoms with Crippen molar-refractivity contribution in [3.05, 3.63) is 34.9 Å². The number of carbonyl (C=O) groups is 2. The first kappa shape index (κ1) is 14.4. The van der Waals surface area contributed by atoms with Crippen LogP contribution < -0.4 is 0 Å². The average molecular weight is 298 g/mol. The van der Waals surface area contributed by atoms with Crippen molar-refractivity contribution in [2.45, 2.75) is 12.8 Å². The van der Waals surface area contributed by atoms with E-state index in [1.54, 1.807) is 24.3 Å². The predicted molar refractivity (Wildman–Crippen MR) is 78.9 cm³/mol. The molecule has 2 rings (SSSR count). The fraction of sp³-hybridized carbons (Fsp3) is 0.429. The molecule has 1 fully saturated rings. The molecule has 0 spiro atoms. The number of ketones is 1. The summed E-state index contributed by atoms with van der Waals surface area (Å²) in [6.07, 6.45) is 2.19. The zero-order chi connectivity index (χ0) is 13.7. The zero-order valence-electron chi connectivity index (χ0n) is 10.6. The Hall–Kier alpha value is -1.00. The van der Waals surface area contributed by atoms with Crippen LogP contribution in [0, 0.1) is 0 Å². The zero-order valence-corrected chi connectivity index (χ0v) is 12.2. The number of likely N-dealkylation sites (tertiary alicyclic amines) is 1. The molecular formula is C14H16ClNO2S. The fourth-order valence-electron chi connectivity index (χ4n) is 2.01. The van der Waals surface area contributed by atoms with Crippen LogP contribution in [-0.4, -0.2) is 41.2 Å². The van der Waals surface area contributed by atoms with Crippen LogP contribution in [0.4, 0.5) is 0 Å². The Kier molecular flexibility index (Phi) is 5.28. The number of amides is 1. The van der Waals surface area contributed by atoms with E-state index in [1.807, 2.05) is 4.90 Å². The number of thioether (sulfide) groups is 1. The smallest absolute Gasteiger partial charge is 0.232 e. The molecule has 1 aliphatic rings. The molecule has 1 saturated heterocycles. The molecule has 102 valence electrons. The third-order valence-corrected chi connectivity index (χ3v) is 4.25. The van der Waals surface area contributed by atoms with E-state index in [-0.39, 0.29) is 11.7 Å². The Labute approximate surface area is 122 Å². The summed E-state index contributed by atoms with van der Waals surface area (Å²) < 4.78 is 0. The third-order valence-electron chi connectivity index (χ3n) is 3.08. The van der Waals surface area contributed by atoms with Gasteiger partial charge in [0.05, 0.1) is 11.5 Å². The monoisotopic (exact) mass is 297 g/mol. The molecule has 1 aliphatic heterocycles. The van der Waals surface area contributed by atoms with Crippen LogP contribution in [0.25, 0.3) is 0 Å². The second-order valence-corrected chi connectivity index (χ2v) is 5.93. The number of halogens is 1. The Morgan fingerprint density at radius 3 is 2.37 bits per heavy atom. The minimum absolute atomic E-state index is 0.0379. The van der Waals surface area contributed by atoms with Gasteiger partial charge in [-0.05, 0) is 37.1 Å². The van der Waals surface area contributed by atoms with Gasteiger partial charge in [0.15, 0.2) is 5.78 Å². The molecule has 1 amide bonds. The van der Waals surface area contributed by atoms with Gasteiger partial charge in [0.25, 0.3) is 0 Å². The minimum atomic E-state index is 0.0379. The van der Waals surface area contributed by atoms with Crippen LogP contribution in [0.1, 0.15) is 23.2 Å². The van der Waals surface area contributed by atoms with E-state index < -0.39 is 0 Å². The molecule has 1 aromatic rings. The summed E-state index contributed by atoms with van der Waals surface area (Å²) in [6.45, 7) is 1.73. The number of nitrogens with zero attached hydrogens (tertiary/aromatic N) is 1. The first-order chi connectivity index (χ1) is 9.16. The predicted octanol–water partition coefficient (Wildman–Crippen LogP) is 2.88. The van der Waals surface area contributed by atoms with Crippen molar-refractivity contribution in [2.75, 3.05) is 24.6 Å². The Balaban J connectivity index is 1.74. The van der Waals surface area contributed by atoms with E-state index in [0.717, 1.165) is 25.9 Å². The van der Waals surface area contributed by atoms with Crippen molar-refractivity contribution in [1.82, 2.24) is 4.90 Å². The molecule has 0 saturated carbocycles. The van der Waals surface area contributed by atoms with Gasteiger partial charge >= 0.3 is 0 Å². The molecule has 0 atom stereocenters. The second-order valence-electron chi connectivity index (χ2n) is 4.51. The number of rotatable bonds is 5. The number of hydrogen-bond donors (Lipinski definition) is 0. The normalized spacial score (nSPS) is 14.7. The van der Waals surface area contributed by atoms with Gasteiger partial charge in [-0.1, -0.05) is 11.6 Å². The van der Waals surface area contributed by atoms with E-state index in [1.165, 1.54) is 11.8 Å². The number of carbonyl (C=O) groups excluding carboxylic acids is 2. The Morgan fingerprint density at radius 2 is 1.74 bits per heavy atom. The summed E-state index contributed by atoms with van der Waals surface area (Å²) in [5.74, 6) is 0.905. The molecule has 19 heavy (non-hydrogen) atoms. The van der Waals surface area contributed by atoms with Crippen LogP contribution in [0.2, 0.25) is 5.02 Å². The standard InChI is InChI=1S/C14H16ClNO2S/c15-12-5-3-11(4-6-12)13(17)9-19-10-14(18)16-7-1-2-8-16/h3-6H,1-2,7-10H2. The van der Waals surface area contributed by atoms with Gasteiger partial charge < -0.3 is 4.90 Å². The number of hydrogen-bond acceptors (Lipinski definition) is 3. The molecule has 0 unspecified atom stereocenters. The van der Waals surface area contributed by atoms with E-state index in [0.29, 0.717) is 22.1 Å². The van der Waals surface area contributed by atoms with Crippen LogP contribution in [0.3, 0.4) is 0 Å². The number of benzene rings is 1. The van der Waals surface area contributed by atoms with Crippen LogP contribution in [0.5, 0.6) is 0 Å². The molecule has 0 aromatic heterocycles. The quantitative estimate of drug-likeness (QED) is 0.784. The van der Waals surface area contributed by atoms with Crippen molar-refractivity contribution in [1.29, 1.82) is 0 Å². The maximum absolute atomic E-state index is 11.9. The number of Topliss-reactive ketones (excluding diaryl/α,β-unsaturated/α-hetero) is 1. The summed E-state index contributed by atoms with van der Waals surface area (Å²) >= 11 is 7.15. The topological polar surface area (TPSA) is 37.4 Å². The molecule has 1 aromatic carbocycles. The van der Waals surface area contributed by atoms with Gasteiger partial charge in [-0.15, -0.1) is 11.8 Å². The molecule has 3 nitrogen and oxygen atoms in total. The van der Waals surface area contributed by atoms with Gasteiger partial charge in [-0.25, -0.2) is 0 Å². The Morgan fingerprint density at radius 1 is 1.11 bits per heavy atom. The van der Waals surface area contributed by atoms with Crippen molar-refractivity contribution >= 4 is 35.1 Å². The molecular weight excluding hydrogens is 282 g/mol. The van der Waals surface area contributed by atoms with E-state index in [2.05, 4.69) is 0 Å².